The predicted octanol–water partition coefficient (Wildman–Crippen LogP) is -0.579. The van der Waals surface area contributed by atoms with Crippen molar-refractivity contribution in [3.63, 3.8) is 0 Å². The molecule has 118 valence electrons. The maximum atomic E-state index is 11.5. The molecule has 0 amide bonds. The Morgan fingerprint density at radius 1 is 1.14 bits per heavy atom. The summed E-state index contributed by atoms with van der Waals surface area (Å²) in [6.45, 7) is 4.12. The summed E-state index contributed by atoms with van der Waals surface area (Å²) in [4.78, 5) is 4.32. The first-order valence-electron chi connectivity index (χ1n) is 6.91. The molecule has 0 aromatic heterocycles. The lowest BCUT2D eigenvalue weighted by atomic mass is 10.2. The highest BCUT2D eigenvalue weighted by atomic mass is 32.2. The van der Waals surface area contributed by atoms with Crippen LogP contribution in [0.5, 0.6) is 0 Å². The monoisotopic (exact) mass is 314 g/mol. The SMILES string of the molecule is Nc1cc(N2CCCN(CCO)CC2)cc(S(N)(=O)=O)c1. The Bertz CT molecular complexity index is 591. The van der Waals surface area contributed by atoms with Gasteiger partial charge in [0, 0.05) is 37.6 Å². The largest absolute Gasteiger partial charge is 0.399 e. The van der Waals surface area contributed by atoms with Crippen molar-refractivity contribution < 1.29 is 13.5 Å². The topological polar surface area (TPSA) is 113 Å². The summed E-state index contributed by atoms with van der Waals surface area (Å²) in [5.41, 5.74) is 6.94. The molecule has 0 atom stereocenters. The van der Waals surface area contributed by atoms with Crippen molar-refractivity contribution in [3.05, 3.63) is 18.2 Å². The standard InChI is InChI=1S/C13H22N4O3S/c14-11-8-12(10-13(9-11)21(15,19)20)17-3-1-2-16(4-5-17)6-7-18/h8-10,18H,1-7,14H2,(H2,15,19,20). The van der Waals surface area contributed by atoms with E-state index in [0.717, 1.165) is 38.3 Å². The molecule has 5 N–H and O–H groups in total. The molecular formula is C13H22N4O3S. The van der Waals surface area contributed by atoms with Gasteiger partial charge in [-0.3, -0.25) is 4.90 Å². The summed E-state index contributed by atoms with van der Waals surface area (Å²) in [5.74, 6) is 0. The molecule has 1 aromatic carbocycles. The van der Waals surface area contributed by atoms with E-state index in [2.05, 4.69) is 9.80 Å². The molecule has 1 aliphatic rings. The quantitative estimate of drug-likeness (QED) is 0.641. The molecule has 0 spiro atoms. The molecule has 0 radical (unpaired) electrons. The number of primary sulfonamides is 1. The maximum absolute atomic E-state index is 11.5. The second-order valence-corrected chi connectivity index (χ2v) is 6.77. The van der Waals surface area contributed by atoms with Gasteiger partial charge >= 0.3 is 0 Å². The fraction of sp³-hybridized carbons (Fsp3) is 0.538. The Balaban J connectivity index is 2.20. The van der Waals surface area contributed by atoms with E-state index in [0.29, 0.717) is 12.2 Å². The second kappa shape index (κ2) is 6.61. The van der Waals surface area contributed by atoms with Gasteiger partial charge in [-0.2, -0.15) is 0 Å². The van der Waals surface area contributed by atoms with Crippen LogP contribution in [-0.4, -0.2) is 57.8 Å². The van der Waals surface area contributed by atoms with Gasteiger partial charge in [-0.1, -0.05) is 0 Å². The minimum Gasteiger partial charge on any atom is -0.399 e. The first kappa shape index (κ1) is 16.0. The van der Waals surface area contributed by atoms with Crippen LogP contribution in [-0.2, 0) is 10.0 Å². The van der Waals surface area contributed by atoms with Crippen molar-refractivity contribution in [1.82, 2.24) is 4.90 Å². The molecule has 7 nitrogen and oxygen atoms in total. The smallest absolute Gasteiger partial charge is 0.238 e. The highest BCUT2D eigenvalue weighted by molar-refractivity contribution is 7.89. The van der Waals surface area contributed by atoms with Crippen LogP contribution in [0.3, 0.4) is 0 Å². The molecule has 1 fully saturated rings. The van der Waals surface area contributed by atoms with Gasteiger partial charge in [0.05, 0.1) is 11.5 Å². The molecule has 1 saturated heterocycles. The molecule has 1 aliphatic heterocycles. The van der Waals surface area contributed by atoms with E-state index >= 15 is 0 Å². The van der Waals surface area contributed by atoms with Crippen molar-refractivity contribution in [2.75, 3.05) is 50.0 Å². The summed E-state index contributed by atoms with van der Waals surface area (Å²) in [7, 11) is -3.77. The number of aliphatic hydroxyl groups excluding tert-OH is 1. The van der Waals surface area contributed by atoms with Crippen molar-refractivity contribution >= 4 is 21.4 Å². The highest BCUT2D eigenvalue weighted by Gasteiger charge is 2.17. The fourth-order valence-electron chi connectivity index (χ4n) is 2.55. The van der Waals surface area contributed by atoms with Gasteiger partial charge in [-0.25, -0.2) is 13.6 Å². The molecule has 2 rings (SSSR count). The van der Waals surface area contributed by atoms with E-state index in [-0.39, 0.29) is 11.5 Å². The van der Waals surface area contributed by atoms with Crippen molar-refractivity contribution in [1.29, 1.82) is 0 Å². The number of anilines is 2. The van der Waals surface area contributed by atoms with Crippen LogP contribution >= 0.6 is 0 Å². The molecule has 0 aliphatic carbocycles. The lowest BCUT2D eigenvalue weighted by Crippen LogP contribution is -2.32. The van der Waals surface area contributed by atoms with Crippen molar-refractivity contribution in [3.8, 4) is 0 Å². The Hall–Kier alpha value is -1.35. The van der Waals surface area contributed by atoms with E-state index in [9.17, 15) is 8.42 Å². The average Bonchev–Trinajstić information content (AvgIpc) is 2.63. The Kier molecular flexibility index (Phi) is 5.04. The fourth-order valence-corrected chi connectivity index (χ4v) is 3.13. The minimum atomic E-state index is -3.77. The number of sulfonamides is 1. The number of aliphatic hydroxyl groups is 1. The Morgan fingerprint density at radius 3 is 2.57 bits per heavy atom. The van der Waals surface area contributed by atoms with Crippen LogP contribution in [0.15, 0.2) is 23.1 Å². The third kappa shape index (κ3) is 4.31. The highest BCUT2D eigenvalue weighted by Crippen LogP contribution is 2.24. The number of benzene rings is 1. The van der Waals surface area contributed by atoms with Gasteiger partial charge in [0.2, 0.25) is 10.0 Å². The number of nitrogen functional groups attached to an aromatic ring is 1. The van der Waals surface area contributed by atoms with E-state index in [1.54, 1.807) is 12.1 Å². The van der Waals surface area contributed by atoms with Crippen LogP contribution in [0.25, 0.3) is 0 Å². The molecule has 21 heavy (non-hydrogen) atoms. The van der Waals surface area contributed by atoms with Crippen LogP contribution in [0, 0.1) is 0 Å². The molecule has 0 saturated carbocycles. The Labute approximate surface area is 125 Å². The van der Waals surface area contributed by atoms with Gasteiger partial charge in [-0.05, 0) is 31.2 Å². The third-order valence-corrected chi connectivity index (χ3v) is 4.50. The van der Waals surface area contributed by atoms with Crippen LogP contribution in [0.1, 0.15) is 6.42 Å². The number of hydrogen-bond acceptors (Lipinski definition) is 6. The van der Waals surface area contributed by atoms with E-state index in [1.165, 1.54) is 6.07 Å². The summed E-state index contributed by atoms with van der Waals surface area (Å²) in [5, 5.41) is 14.2. The second-order valence-electron chi connectivity index (χ2n) is 5.21. The van der Waals surface area contributed by atoms with Gasteiger partial charge in [0.25, 0.3) is 0 Å². The lowest BCUT2D eigenvalue weighted by molar-refractivity contribution is 0.204. The van der Waals surface area contributed by atoms with Crippen molar-refractivity contribution in [2.45, 2.75) is 11.3 Å². The average molecular weight is 314 g/mol. The summed E-state index contributed by atoms with van der Waals surface area (Å²) in [6.07, 6.45) is 0.944. The minimum absolute atomic E-state index is 0.0361. The predicted molar refractivity (Wildman–Crippen MR) is 82.6 cm³/mol. The van der Waals surface area contributed by atoms with Crippen molar-refractivity contribution in [2.24, 2.45) is 5.14 Å². The van der Waals surface area contributed by atoms with Crippen LogP contribution < -0.4 is 15.8 Å². The van der Waals surface area contributed by atoms with E-state index in [4.69, 9.17) is 16.0 Å². The number of nitrogens with zero attached hydrogens (tertiary/aromatic N) is 2. The maximum Gasteiger partial charge on any atom is 0.238 e. The summed E-state index contributed by atoms with van der Waals surface area (Å²) in [6, 6.07) is 4.69. The number of β-amino-alcohol motifs (C(OH)–C–C–N with tert-alkyl or cyclic N) is 1. The van der Waals surface area contributed by atoms with E-state index in [1.807, 2.05) is 0 Å². The number of nitrogens with two attached hydrogens (primary N) is 2. The van der Waals surface area contributed by atoms with Gasteiger partial charge in [-0.15, -0.1) is 0 Å². The number of rotatable bonds is 4. The van der Waals surface area contributed by atoms with Crippen LogP contribution in [0.4, 0.5) is 11.4 Å². The summed E-state index contributed by atoms with van der Waals surface area (Å²) < 4.78 is 23.0. The Morgan fingerprint density at radius 2 is 1.90 bits per heavy atom. The lowest BCUT2D eigenvalue weighted by Gasteiger charge is -2.24. The van der Waals surface area contributed by atoms with Gasteiger partial charge < -0.3 is 15.7 Å². The van der Waals surface area contributed by atoms with Gasteiger partial charge in [0.15, 0.2) is 0 Å². The molecule has 8 heteroatoms. The third-order valence-electron chi connectivity index (χ3n) is 3.61. The van der Waals surface area contributed by atoms with E-state index < -0.39 is 10.0 Å². The first-order valence-corrected chi connectivity index (χ1v) is 8.46. The first-order chi connectivity index (χ1) is 9.90. The zero-order valence-corrected chi connectivity index (χ0v) is 12.7. The zero-order chi connectivity index (χ0) is 15.5. The molecule has 0 bridgehead atoms. The zero-order valence-electron chi connectivity index (χ0n) is 11.9. The van der Waals surface area contributed by atoms with Gasteiger partial charge in [0.1, 0.15) is 0 Å². The molecule has 0 unspecified atom stereocenters. The molecule has 1 aromatic rings. The molecule has 1 heterocycles. The molecular weight excluding hydrogens is 292 g/mol. The normalized spacial score (nSPS) is 17.7. The number of hydrogen-bond donors (Lipinski definition) is 3. The summed E-state index contributed by atoms with van der Waals surface area (Å²) >= 11 is 0. The van der Waals surface area contributed by atoms with Crippen LogP contribution in [0.2, 0.25) is 0 Å².